The minimum atomic E-state index is -0.393. The highest BCUT2D eigenvalue weighted by atomic mass is 16.5. The third kappa shape index (κ3) is 2.45. The lowest BCUT2D eigenvalue weighted by molar-refractivity contribution is 0.00346. The van der Waals surface area contributed by atoms with E-state index in [9.17, 15) is 4.79 Å². The van der Waals surface area contributed by atoms with E-state index < -0.39 is 6.09 Å². The second-order valence-electron chi connectivity index (χ2n) is 5.47. The Bertz CT molecular complexity index is 498. The predicted molar refractivity (Wildman–Crippen MR) is 74.8 cm³/mol. The molecule has 3 rings (SSSR count). The van der Waals surface area contributed by atoms with E-state index in [-0.39, 0.29) is 11.6 Å². The van der Waals surface area contributed by atoms with E-state index in [1.165, 1.54) is 7.11 Å². The van der Waals surface area contributed by atoms with Crippen LogP contribution in [0.15, 0.2) is 24.3 Å². The number of para-hydroxylation sites is 1. The van der Waals surface area contributed by atoms with Crippen LogP contribution in [-0.2, 0) is 4.74 Å². The number of alkyl carbamates (subject to hydrolysis) is 1. The molecule has 20 heavy (non-hydrogen) atoms. The zero-order chi connectivity index (χ0) is 14.0. The van der Waals surface area contributed by atoms with Gasteiger partial charge >= 0.3 is 6.09 Å². The first kappa shape index (κ1) is 13.2. The summed E-state index contributed by atoms with van der Waals surface area (Å²) in [6.45, 7) is 1.90. The number of nitrogens with one attached hydrogen (secondary N) is 2. The molecule has 2 heterocycles. The summed E-state index contributed by atoms with van der Waals surface area (Å²) in [5.41, 5.74) is 0.854. The van der Waals surface area contributed by atoms with Crippen LogP contribution < -0.4 is 15.4 Å². The van der Waals surface area contributed by atoms with Crippen LogP contribution in [0.2, 0.25) is 0 Å². The van der Waals surface area contributed by atoms with E-state index in [4.69, 9.17) is 9.47 Å². The zero-order valence-electron chi connectivity index (χ0n) is 11.6. The highest BCUT2D eigenvalue weighted by Crippen LogP contribution is 2.43. The van der Waals surface area contributed by atoms with Crippen LogP contribution in [0.4, 0.5) is 4.79 Å². The number of methoxy groups -OCH3 is 1. The maximum atomic E-state index is 11.6. The fourth-order valence-corrected chi connectivity index (χ4v) is 3.14. The highest BCUT2D eigenvalue weighted by molar-refractivity contribution is 5.68. The molecule has 1 saturated heterocycles. The third-order valence-electron chi connectivity index (χ3n) is 4.19. The summed E-state index contributed by atoms with van der Waals surface area (Å²) >= 11 is 0. The summed E-state index contributed by atoms with van der Waals surface area (Å²) in [5.74, 6) is 0.877. The van der Waals surface area contributed by atoms with Gasteiger partial charge in [-0.15, -0.1) is 0 Å². The van der Waals surface area contributed by atoms with E-state index in [2.05, 4.69) is 10.6 Å². The van der Waals surface area contributed by atoms with Crippen molar-refractivity contribution in [3.63, 3.8) is 0 Å². The van der Waals surface area contributed by atoms with Crippen LogP contribution >= 0.6 is 0 Å². The van der Waals surface area contributed by atoms with E-state index in [1.807, 2.05) is 24.3 Å². The van der Waals surface area contributed by atoms with Gasteiger partial charge in [-0.05, 0) is 32.0 Å². The Labute approximate surface area is 118 Å². The van der Waals surface area contributed by atoms with Gasteiger partial charge in [-0.2, -0.15) is 0 Å². The second-order valence-corrected chi connectivity index (χ2v) is 5.47. The first-order chi connectivity index (χ1) is 9.72. The summed E-state index contributed by atoms with van der Waals surface area (Å²) < 4.78 is 11.0. The van der Waals surface area contributed by atoms with Gasteiger partial charge in [-0.1, -0.05) is 18.2 Å². The predicted octanol–water partition coefficient (Wildman–Crippen LogP) is 1.99. The normalized spacial score (nSPS) is 23.6. The molecule has 1 unspecified atom stereocenters. The van der Waals surface area contributed by atoms with Gasteiger partial charge in [0.2, 0.25) is 0 Å². The van der Waals surface area contributed by atoms with Gasteiger partial charge in [0.15, 0.2) is 0 Å². The van der Waals surface area contributed by atoms with Gasteiger partial charge < -0.3 is 20.1 Å². The molecule has 1 aromatic carbocycles. The number of hydrogen-bond acceptors (Lipinski definition) is 4. The van der Waals surface area contributed by atoms with E-state index in [0.717, 1.165) is 43.7 Å². The number of carbonyl (C=O) groups is 1. The summed E-state index contributed by atoms with van der Waals surface area (Å²) in [6.07, 6.45) is 2.32. The Morgan fingerprint density at radius 1 is 1.40 bits per heavy atom. The van der Waals surface area contributed by atoms with Crippen LogP contribution in [0, 0.1) is 0 Å². The van der Waals surface area contributed by atoms with Crippen molar-refractivity contribution in [3.8, 4) is 5.75 Å². The first-order valence-electron chi connectivity index (χ1n) is 7.06. The quantitative estimate of drug-likeness (QED) is 0.823. The van der Waals surface area contributed by atoms with Crippen molar-refractivity contribution in [3.05, 3.63) is 29.8 Å². The SMILES string of the molecule is COC(=O)NC1CC2(CCNCC2)Oc2ccccc21. The molecule has 1 amide bonds. The fourth-order valence-electron chi connectivity index (χ4n) is 3.14. The third-order valence-corrected chi connectivity index (χ3v) is 4.19. The molecule has 2 N–H and O–H groups in total. The number of fused-ring (bicyclic) bond motifs is 1. The number of carbonyl (C=O) groups excluding carboxylic acids is 1. The average molecular weight is 276 g/mol. The van der Waals surface area contributed by atoms with Crippen LogP contribution in [0.5, 0.6) is 5.75 Å². The fraction of sp³-hybridized carbons (Fsp3) is 0.533. The van der Waals surface area contributed by atoms with Gasteiger partial charge in [0.1, 0.15) is 11.4 Å². The molecule has 1 spiro atoms. The molecule has 2 aliphatic rings. The topological polar surface area (TPSA) is 59.6 Å². The molecule has 1 aromatic rings. The Morgan fingerprint density at radius 2 is 2.15 bits per heavy atom. The summed E-state index contributed by atoms with van der Waals surface area (Å²) in [7, 11) is 1.39. The van der Waals surface area contributed by atoms with Gasteiger partial charge in [0.05, 0.1) is 13.2 Å². The summed E-state index contributed by atoms with van der Waals surface area (Å²) in [5, 5.41) is 6.29. The highest BCUT2D eigenvalue weighted by Gasteiger charge is 2.42. The first-order valence-corrected chi connectivity index (χ1v) is 7.06. The van der Waals surface area contributed by atoms with Crippen molar-refractivity contribution in [1.82, 2.24) is 10.6 Å². The maximum Gasteiger partial charge on any atom is 0.407 e. The molecule has 1 atom stereocenters. The van der Waals surface area contributed by atoms with Gasteiger partial charge in [-0.3, -0.25) is 0 Å². The molecular formula is C15H20N2O3. The molecular weight excluding hydrogens is 256 g/mol. The monoisotopic (exact) mass is 276 g/mol. The van der Waals surface area contributed by atoms with Crippen molar-refractivity contribution >= 4 is 6.09 Å². The molecule has 1 fully saturated rings. The molecule has 0 radical (unpaired) electrons. The van der Waals surface area contributed by atoms with Gasteiger partial charge in [0, 0.05) is 12.0 Å². The minimum absolute atomic E-state index is 0.0505. The minimum Gasteiger partial charge on any atom is -0.487 e. The van der Waals surface area contributed by atoms with E-state index in [0.29, 0.717) is 0 Å². The lowest BCUT2D eigenvalue weighted by Crippen LogP contribution is -2.51. The molecule has 5 heteroatoms. The smallest absolute Gasteiger partial charge is 0.407 e. The molecule has 0 bridgehead atoms. The number of ether oxygens (including phenoxy) is 2. The summed E-state index contributed by atoms with van der Waals surface area (Å²) in [6, 6.07) is 7.86. The largest absolute Gasteiger partial charge is 0.487 e. The lowest BCUT2D eigenvalue weighted by atomic mass is 9.81. The lowest BCUT2D eigenvalue weighted by Gasteiger charge is -2.44. The molecule has 0 saturated carbocycles. The number of rotatable bonds is 1. The standard InChI is InChI=1S/C15H20N2O3/c1-19-14(18)17-12-10-15(6-8-16-9-7-15)20-13-5-3-2-4-11(12)13/h2-5,12,16H,6-10H2,1H3,(H,17,18). The molecule has 0 aliphatic carbocycles. The van der Waals surface area contributed by atoms with Gasteiger partial charge in [0.25, 0.3) is 0 Å². The number of benzene rings is 1. The summed E-state index contributed by atoms with van der Waals surface area (Å²) in [4.78, 5) is 11.6. The van der Waals surface area contributed by atoms with Crippen LogP contribution in [0.1, 0.15) is 30.9 Å². The molecule has 108 valence electrons. The van der Waals surface area contributed by atoms with Crippen LogP contribution in [0.25, 0.3) is 0 Å². The molecule has 2 aliphatic heterocycles. The van der Waals surface area contributed by atoms with E-state index in [1.54, 1.807) is 0 Å². The second kappa shape index (κ2) is 5.32. The molecule has 5 nitrogen and oxygen atoms in total. The Morgan fingerprint density at radius 3 is 2.90 bits per heavy atom. The average Bonchev–Trinajstić information content (AvgIpc) is 2.48. The zero-order valence-corrected chi connectivity index (χ0v) is 11.6. The van der Waals surface area contributed by atoms with Crippen molar-refractivity contribution in [1.29, 1.82) is 0 Å². The number of amides is 1. The van der Waals surface area contributed by atoms with Crippen molar-refractivity contribution < 1.29 is 14.3 Å². The number of hydrogen-bond donors (Lipinski definition) is 2. The molecule has 0 aromatic heterocycles. The number of piperidine rings is 1. The van der Waals surface area contributed by atoms with Gasteiger partial charge in [-0.25, -0.2) is 4.79 Å². The van der Waals surface area contributed by atoms with Crippen molar-refractivity contribution in [2.45, 2.75) is 30.9 Å². The van der Waals surface area contributed by atoms with Crippen molar-refractivity contribution in [2.75, 3.05) is 20.2 Å². The Kier molecular flexibility index (Phi) is 3.53. The van der Waals surface area contributed by atoms with Crippen molar-refractivity contribution in [2.24, 2.45) is 0 Å². The Hall–Kier alpha value is -1.75. The van der Waals surface area contributed by atoms with Crippen LogP contribution in [0.3, 0.4) is 0 Å². The Balaban J connectivity index is 1.89. The van der Waals surface area contributed by atoms with Crippen LogP contribution in [-0.4, -0.2) is 31.9 Å². The maximum absolute atomic E-state index is 11.6. The van der Waals surface area contributed by atoms with E-state index >= 15 is 0 Å².